The van der Waals surface area contributed by atoms with Crippen molar-refractivity contribution in [3.8, 4) is 0 Å². The molecule has 3 rings (SSSR count). The highest BCUT2D eigenvalue weighted by Gasteiger charge is 2.10. The van der Waals surface area contributed by atoms with Gasteiger partial charge in [0.2, 0.25) is 5.76 Å². The molecule has 20 heavy (non-hydrogen) atoms. The molecule has 0 amide bonds. The Bertz CT molecular complexity index is 737. The van der Waals surface area contributed by atoms with E-state index in [1.165, 1.54) is 0 Å². The van der Waals surface area contributed by atoms with Crippen LogP contribution in [0.4, 0.5) is 0 Å². The molecule has 102 valence electrons. The van der Waals surface area contributed by atoms with Crippen molar-refractivity contribution in [2.75, 3.05) is 0 Å². The number of hydrogen-bond acceptors (Lipinski definition) is 3. The first kappa shape index (κ1) is 14.1. The highest BCUT2D eigenvalue weighted by molar-refractivity contribution is 5.91. The van der Waals surface area contributed by atoms with E-state index >= 15 is 0 Å². The highest BCUT2D eigenvalue weighted by atomic mass is 35.5. The summed E-state index contributed by atoms with van der Waals surface area (Å²) in [6, 6.07) is 11.1. The minimum absolute atomic E-state index is 0. The molecule has 0 spiro atoms. The molecule has 3 aromatic rings. The smallest absolute Gasteiger partial charge is 0.371 e. The van der Waals surface area contributed by atoms with Crippen LogP contribution in [0.15, 0.2) is 53.2 Å². The Morgan fingerprint density at radius 2 is 2.05 bits per heavy atom. The number of aromatic carboxylic acids is 1. The monoisotopic (exact) mass is 289 g/mol. The fourth-order valence-electron chi connectivity index (χ4n) is 2.05. The number of rotatable bonds is 3. The fourth-order valence-corrected chi connectivity index (χ4v) is 2.05. The van der Waals surface area contributed by atoms with Gasteiger partial charge in [0.1, 0.15) is 5.58 Å². The predicted octanol–water partition coefficient (Wildman–Crippen LogP) is 3.54. The number of carboxylic acids is 1. The molecule has 4 nitrogen and oxygen atoms in total. The van der Waals surface area contributed by atoms with E-state index < -0.39 is 5.97 Å². The van der Waals surface area contributed by atoms with Crippen LogP contribution in [0.25, 0.3) is 11.0 Å². The first-order chi connectivity index (χ1) is 9.22. The van der Waals surface area contributed by atoms with Crippen molar-refractivity contribution in [1.82, 2.24) is 4.98 Å². The van der Waals surface area contributed by atoms with Crippen LogP contribution in [0.5, 0.6) is 0 Å². The third-order valence-corrected chi connectivity index (χ3v) is 2.92. The second-order valence-corrected chi connectivity index (χ2v) is 4.33. The van der Waals surface area contributed by atoms with Gasteiger partial charge in [0.05, 0.1) is 0 Å². The normalized spacial score (nSPS) is 10.2. The van der Waals surface area contributed by atoms with Crippen LogP contribution in [0.3, 0.4) is 0 Å². The van der Waals surface area contributed by atoms with Crippen molar-refractivity contribution < 1.29 is 14.3 Å². The van der Waals surface area contributed by atoms with Gasteiger partial charge < -0.3 is 9.52 Å². The highest BCUT2D eigenvalue weighted by Crippen LogP contribution is 2.22. The lowest BCUT2D eigenvalue weighted by atomic mass is 10.1. The number of aromatic nitrogens is 1. The zero-order chi connectivity index (χ0) is 13.2. The van der Waals surface area contributed by atoms with E-state index in [1.807, 2.05) is 30.5 Å². The third-order valence-electron chi connectivity index (χ3n) is 2.92. The van der Waals surface area contributed by atoms with Crippen LogP contribution >= 0.6 is 12.4 Å². The Hall–Kier alpha value is -2.33. The molecule has 0 fully saturated rings. The van der Waals surface area contributed by atoms with Crippen molar-refractivity contribution in [3.63, 3.8) is 0 Å². The maximum absolute atomic E-state index is 10.8. The van der Waals surface area contributed by atoms with Gasteiger partial charge in [-0.3, -0.25) is 4.98 Å². The molecule has 0 unspecified atom stereocenters. The van der Waals surface area contributed by atoms with Gasteiger partial charge in [-0.05, 0) is 41.8 Å². The van der Waals surface area contributed by atoms with E-state index in [1.54, 1.807) is 18.3 Å². The molecule has 1 aromatic carbocycles. The number of nitrogens with zero attached hydrogens (tertiary/aromatic N) is 1. The van der Waals surface area contributed by atoms with Crippen LogP contribution in [-0.2, 0) is 6.42 Å². The van der Waals surface area contributed by atoms with Gasteiger partial charge in [0.25, 0.3) is 0 Å². The Balaban J connectivity index is 0.00000147. The largest absolute Gasteiger partial charge is 0.475 e. The lowest BCUT2D eigenvalue weighted by molar-refractivity contribution is 0.0665. The van der Waals surface area contributed by atoms with E-state index in [4.69, 9.17) is 9.52 Å². The Morgan fingerprint density at radius 1 is 1.20 bits per heavy atom. The number of hydrogen-bond donors (Lipinski definition) is 1. The van der Waals surface area contributed by atoms with Gasteiger partial charge >= 0.3 is 5.97 Å². The number of pyridine rings is 1. The summed E-state index contributed by atoms with van der Waals surface area (Å²) in [6.45, 7) is 0. The van der Waals surface area contributed by atoms with Crippen LogP contribution < -0.4 is 0 Å². The molecule has 0 bridgehead atoms. The maximum atomic E-state index is 10.8. The molecule has 0 atom stereocenters. The summed E-state index contributed by atoms with van der Waals surface area (Å²) >= 11 is 0. The molecule has 0 aliphatic heterocycles. The number of carbonyl (C=O) groups is 1. The average Bonchev–Trinajstić information content (AvgIpc) is 2.83. The van der Waals surface area contributed by atoms with E-state index in [0.717, 1.165) is 22.9 Å². The van der Waals surface area contributed by atoms with E-state index in [0.29, 0.717) is 5.58 Å². The molecule has 0 aliphatic rings. The summed E-state index contributed by atoms with van der Waals surface area (Å²) in [4.78, 5) is 14.9. The summed E-state index contributed by atoms with van der Waals surface area (Å²) in [6.07, 6.45) is 4.32. The molecule has 0 saturated carbocycles. The zero-order valence-corrected chi connectivity index (χ0v) is 11.3. The quantitative estimate of drug-likeness (QED) is 0.801. The van der Waals surface area contributed by atoms with Gasteiger partial charge in [0.15, 0.2) is 0 Å². The van der Waals surface area contributed by atoms with Gasteiger partial charge in [0, 0.05) is 17.8 Å². The molecule has 1 N–H and O–H groups in total. The van der Waals surface area contributed by atoms with Crippen LogP contribution in [0.1, 0.15) is 21.7 Å². The van der Waals surface area contributed by atoms with E-state index in [-0.39, 0.29) is 18.2 Å². The van der Waals surface area contributed by atoms with Gasteiger partial charge in [-0.2, -0.15) is 0 Å². The SMILES string of the molecule is Cl.O=C(O)c1cc2cc(Cc3cccnc3)ccc2o1. The minimum atomic E-state index is -1.05. The van der Waals surface area contributed by atoms with Crippen molar-refractivity contribution in [2.45, 2.75) is 6.42 Å². The molecule has 0 saturated heterocycles. The first-order valence-electron chi connectivity index (χ1n) is 5.87. The summed E-state index contributed by atoms with van der Waals surface area (Å²) in [5.74, 6) is -1.08. The first-order valence-corrected chi connectivity index (χ1v) is 5.87. The topological polar surface area (TPSA) is 63.3 Å². The predicted molar refractivity (Wildman–Crippen MR) is 77.5 cm³/mol. The standard InChI is InChI=1S/C15H11NO3.ClH/c17-15(18)14-8-12-7-10(3-4-13(12)19-14)6-11-2-1-5-16-9-11;/h1-5,7-9H,6H2,(H,17,18);1H. The maximum Gasteiger partial charge on any atom is 0.371 e. The zero-order valence-electron chi connectivity index (χ0n) is 10.4. The molecule has 2 heterocycles. The second kappa shape index (κ2) is 5.75. The summed E-state index contributed by atoms with van der Waals surface area (Å²) < 4.78 is 5.22. The van der Waals surface area contributed by atoms with E-state index in [2.05, 4.69) is 4.98 Å². The van der Waals surface area contributed by atoms with Crippen molar-refractivity contribution in [3.05, 3.63) is 65.7 Å². The van der Waals surface area contributed by atoms with Crippen LogP contribution in [0.2, 0.25) is 0 Å². The summed E-state index contributed by atoms with van der Waals surface area (Å²) in [7, 11) is 0. The van der Waals surface area contributed by atoms with Crippen molar-refractivity contribution >= 4 is 29.3 Å². The molecular weight excluding hydrogens is 278 g/mol. The summed E-state index contributed by atoms with van der Waals surface area (Å²) in [5, 5.41) is 9.69. The lowest BCUT2D eigenvalue weighted by Crippen LogP contribution is -1.91. The molecule has 0 aliphatic carbocycles. The van der Waals surface area contributed by atoms with Gasteiger partial charge in [-0.15, -0.1) is 12.4 Å². The summed E-state index contributed by atoms with van der Waals surface area (Å²) in [5.41, 5.74) is 2.80. The average molecular weight is 290 g/mol. The number of carboxylic acid groups (broad SMARTS) is 1. The Labute approximate surface area is 121 Å². The minimum Gasteiger partial charge on any atom is -0.475 e. The Kier molecular flexibility index (Phi) is 4.05. The van der Waals surface area contributed by atoms with Gasteiger partial charge in [-0.25, -0.2) is 4.79 Å². The van der Waals surface area contributed by atoms with Gasteiger partial charge in [-0.1, -0.05) is 12.1 Å². The molecular formula is C15H12ClNO3. The molecule has 2 aromatic heterocycles. The van der Waals surface area contributed by atoms with Crippen molar-refractivity contribution in [2.24, 2.45) is 0 Å². The number of fused-ring (bicyclic) bond motifs is 1. The molecule has 0 radical (unpaired) electrons. The van der Waals surface area contributed by atoms with Crippen LogP contribution in [-0.4, -0.2) is 16.1 Å². The number of furan rings is 1. The lowest BCUT2D eigenvalue weighted by Gasteiger charge is -2.00. The second-order valence-electron chi connectivity index (χ2n) is 4.33. The van der Waals surface area contributed by atoms with Crippen LogP contribution in [0, 0.1) is 0 Å². The Morgan fingerprint density at radius 3 is 2.75 bits per heavy atom. The fraction of sp³-hybridized carbons (Fsp3) is 0.0667. The third kappa shape index (κ3) is 2.81. The molecule has 5 heteroatoms. The number of halogens is 1. The van der Waals surface area contributed by atoms with Crippen molar-refractivity contribution in [1.29, 1.82) is 0 Å². The number of benzene rings is 1. The van der Waals surface area contributed by atoms with E-state index in [9.17, 15) is 4.79 Å².